The number of hydrogen-bond acceptors (Lipinski definition) is 11. The molecule has 33 heavy (non-hydrogen) atoms. The zero-order valence-electron chi connectivity index (χ0n) is 19.1. The molecule has 6 atom stereocenters. The molecule has 0 saturated carbocycles. The molecular formula is C17H34N2O12P2. The largest absolute Gasteiger partial charge is 0.472 e. The molecule has 0 rings (SSSR count). The van der Waals surface area contributed by atoms with E-state index in [0.717, 1.165) is 6.08 Å². The molecule has 0 aliphatic carbocycles. The standard InChI is InChI=1S/C17H34N2O12P2/c1-10(2)29-32(24,25)28-9-14(21)15(31-33(26,27)30-11(3)4)7-17(23)19-16(22)6-13(18)12(5)8-20/h6,8,10-12,14-15,17,21,23H,7,9,18H2,1-5H3,(H,19,22)(H,24,25)(H,26,27)/b13-6+/t12?,14-,15?,17+/m1/s1. The molecule has 0 aromatic heterocycles. The fourth-order valence-corrected chi connectivity index (χ4v) is 4.24. The number of aliphatic hydroxyl groups is 2. The highest BCUT2D eigenvalue weighted by Gasteiger charge is 2.35. The molecule has 0 aromatic rings. The Labute approximate surface area is 192 Å². The van der Waals surface area contributed by atoms with Gasteiger partial charge in [0, 0.05) is 18.2 Å². The number of rotatable bonds is 16. The number of allylic oxidation sites excluding steroid dienone is 1. The van der Waals surface area contributed by atoms with Crippen LogP contribution in [0.15, 0.2) is 11.8 Å². The number of aldehydes is 1. The first-order valence-electron chi connectivity index (χ1n) is 9.92. The van der Waals surface area contributed by atoms with Gasteiger partial charge in [0.1, 0.15) is 24.7 Å². The third-order valence-electron chi connectivity index (χ3n) is 3.59. The fourth-order valence-electron chi connectivity index (χ4n) is 2.15. The minimum atomic E-state index is -4.75. The van der Waals surface area contributed by atoms with Crippen LogP contribution >= 0.6 is 15.6 Å². The third kappa shape index (κ3) is 14.6. The molecule has 14 nitrogen and oxygen atoms in total. The van der Waals surface area contributed by atoms with Gasteiger partial charge in [0.2, 0.25) is 5.91 Å². The van der Waals surface area contributed by atoms with E-state index in [2.05, 4.69) is 14.4 Å². The smallest absolute Gasteiger partial charge is 0.401 e. The Hall–Kier alpha value is -1.18. The highest BCUT2D eigenvalue weighted by Crippen LogP contribution is 2.48. The summed E-state index contributed by atoms with van der Waals surface area (Å²) in [5.41, 5.74) is 5.48. The van der Waals surface area contributed by atoms with Crippen molar-refractivity contribution in [1.29, 1.82) is 0 Å². The predicted octanol–water partition coefficient (Wildman–Crippen LogP) is 0.302. The number of phosphoric ester groups is 2. The lowest BCUT2D eigenvalue weighted by molar-refractivity contribution is -0.120. The van der Waals surface area contributed by atoms with Gasteiger partial charge in [-0.3, -0.25) is 22.9 Å². The quantitative estimate of drug-likeness (QED) is 0.0698. The van der Waals surface area contributed by atoms with Crippen molar-refractivity contribution in [2.24, 2.45) is 11.7 Å². The number of carbonyl (C=O) groups excluding carboxylic acids is 2. The van der Waals surface area contributed by atoms with Crippen LogP contribution in [0.3, 0.4) is 0 Å². The van der Waals surface area contributed by atoms with E-state index in [9.17, 15) is 38.7 Å². The van der Waals surface area contributed by atoms with Crippen LogP contribution in [0.1, 0.15) is 41.0 Å². The van der Waals surface area contributed by atoms with E-state index in [0.29, 0.717) is 6.29 Å². The van der Waals surface area contributed by atoms with Crippen LogP contribution in [-0.2, 0) is 36.8 Å². The summed E-state index contributed by atoms with van der Waals surface area (Å²) in [5, 5.41) is 22.5. The SMILES string of the molecule is CC(C)OP(=O)(O)OC[C@@H](O)C(C[C@H](O)NC(=O)/C=C(/N)C(C)C=O)OP(=O)(O)OC(C)C. The maximum Gasteiger partial charge on any atom is 0.472 e. The Kier molecular flexibility index (Phi) is 13.8. The van der Waals surface area contributed by atoms with Crippen molar-refractivity contribution < 1.29 is 56.8 Å². The van der Waals surface area contributed by atoms with E-state index in [-0.39, 0.29) is 5.70 Å². The Balaban J connectivity index is 5.37. The summed E-state index contributed by atoms with van der Waals surface area (Å²) in [4.78, 5) is 42.1. The monoisotopic (exact) mass is 520 g/mol. The normalized spacial score (nSPS) is 19.9. The molecule has 1 amide bonds. The molecule has 7 N–H and O–H groups in total. The number of carbonyl (C=O) groups is 2. The van der Waals surface area contributed by atoms with E-state index >= 15 is 0 Å². The molecule has 0 saturated heterocycles. The van der Waals surface area contributed by atoms with Crippen molar-refractivity contribution in [3.05, 3.63) is 11.8 Å². The molecule has 194 valence electrons. The summed E-state index contributed by atoms with van der Waals surface area (Å²) in [6, 6.07) is 0. The number of phosphoric acid groups is 2. The molecule has 0 aliphatic heterocycles. The Morgan fingerprint density at radius 1 is 1.00 bits per heavy atom. The molecule has 0 heterocycles. The van der Waals surface area contributed by atoms with E-state index in [4.69, 9.17) is 14.8 Å². The van der Waals surface area contributed by atoms with Gasteiger partial charge in [-0.05, 0) is 27.7 Å². The summed E-state index contributed by atoms with van der Waals surface area (Å²) < 4.78 is 42.9. The summed E-state index contributed by atoms with van der Waals surface area (Å²) in [6.07, 6.45) is -6.00. The molecule has 0 aromatic carbocycles. The molecule has 0 spiro atoms. The van der Waals surface area contributed by atoms with Crippen LogP contribution < -0.4 is 11.1 Å². The van der Waals surface area contributed by atoms with Crippen molar-refractivity contribution >= 4 is 27.8 Å². The lowest BCUT2D eigenvalue weighted by Crippen LogP contribution is -2.42. The van der Waals surface area contributed by atoms with Gasteiger partial charge in [-0.15, -0.1) is 0 Å². The summed E-state index contributed by atoms with van der Waals surface area (Å²) in [5.74, 6) is -1.65. The van der Waals surface area contributed by atoms with Gasteiger partial charge in [0.05, 0.1) is 24.7 Å². The number of hydrogen-bond donors (Lipinski definition) is 6. The van der Waals surface area contributed by atoms with Crippen LogP contribution in [0.2, 0.25) is 0 Å². The molecule has 0 radical (unpaired) electrons. The first kappa shape index (κ1) is 31.8. The molecule has 16 heteroatoms. The van der Waals surface area contributed by atoms with Crippen molar-refractivity contribution in [3.63, 3.8) is 0 Å². The molecule has 0 fully saturated rings. The summed E-state index contributed by atoms with van der Waals surface area (Å²) >= 11 is 0. The van der Waals surface area contributed by atoms with E-state index in [1.54, 1.807) is 0 Å². The summed E-state index contributed by atoms with van der Waals surface area (Å²) in [6.45, 7) is 6.37. The molecule has 4 unspecified atom stereocenters. The van der Waals surface area contributed by atoms with Crippen molar-refractivity contribution in [2.45, 2.75) is 71.7 Å². The highest BCUT2D eigenvalue weighted by molar-refractivity contribution is 7.47. The molecule has 0 bridgehead atoms. The number of aliphatic hydroxyl groups excluding tert-OH is 2. The second kappa shape index (κ2) is 14.3. The molecular weight excluding hydrogens is 486 g/mol. The van der Waals surface area contributed by atoms with Crippen LogP contribution in [0, 0.1) is 5.92 Å². The maximum absolute atomic E-state index is 12.1. The average molecular weight is 520 g/mol. The number of amides is 1. The van der Waals surface area contributed by atoms with Crippen LogP contribution in [-0.4, -0.2) is 69.4 Å². The number of nitrogens with two attached hydrogens (primary N) is 1. The van der Waals surface area contributed by atoms with Crippen LogP contribution in [0.25, 0.3) is 0 Å². The number of nitrogens with one attached hydrogen (secondary N) is 1. The zero-order chi connectivity index (χ0) is 26.0. The lowest BCUT2D eigenvalue weighted by Gasteiger charge is -2.28. The van der Waals surface area contributed by atoms with Gasteiger partial charge in [-0.1, -0.05) is 6.92 Å². The second-order valence-electron chi connectivity index (χ2n) is 7.58. The highest BCUT2D eigenvalue weighted by atomic mass is 31.2. The van der Waals surface area contributed by atoms with Crippen LogP contribution in [0.4, 0.5) is 0 Å². The van der Waals surface area contributed by atoms with E-state index in [1.165, 1.54) is 34.6 Å². The van der Waals surface area contributed by atoms with Gasteiger partial charge in [-0.25, -0.2) is 9.13 Å². The van der Waals surface area contributed by atoms with Gasteiger partial charge < -0.3 is 35.8 Å². The minimum Gasteiger partial charge on any atom is -0.401 e. The Morgan fingerprint density at radius 3 is 2.00 bits per heavy atom. The fraction of sp³-hybridized carbons (Fsp3) is 0.765. The lowest BCUT2D eigenvalue weighted by atomic mass is 10.1. The van der Waals surface area contributed by atoms with E-state index in [1.807, 2.05) is 0 Å². The average Bonchev–Trinajstić information content (AvgIpc) is 2.62. The van der Waals surface area contributed by atoms with Crippen molar-refractivity contribution in [3.8, 4) is 0 Å². The molecule has 0 aliphatic rings. The first-order valence-corrected chi connectivity index (χ1v) is 12.9. The summed E-state index contributed by atoms with van der Waals surface area (Å²) in [7, 11) is -9.31. The first-order chi connectivity index (χ1) is 15.0. The Morgan fingerprint density at radius 2 is 1.52 bits per heavy atom. The van der Waals surface area contributed by atoms with Gasteiger partial charge in [0.25, 0.3) is 0 Å². The second-order valence-corrected chi connectivity index (χ2v) is 10.3. The maximum atomic E-state index is 12.1. The Bertz CT molecular complexity index is 760. The van der Waals surface area contributed by atoms with Gasteiger partial charge in [0.15, 0.2) is 0 Å². The van der Waals surface area contributed by atoms with Crippen molar-refractivity contribution in [1.82, 2.24) is 5.32 Å². The third-order valence-corrected chi connectivity index (χ3v) is 5.98. The van der Waals surface area contributed by atoms with Crippen LogP contribution in [0.5, 0.6) is 0 Å². The minimum absolute atomic E-state index is 0.0787. The van der Waals surface area contributed by atoms with E-state index < -0.39 is 71.1 Å². The van der Waals surface area contributed by atoms with Crippen molar-refractivity contribution in [2.75, 3.05) is 6.61 Å². The zero-order valence-corrected chi connectivity index (χ0v) is 20.8. The van der Waals surface area contributed by atoms with Gasteiger partial charge in [-0.2, -0.15) is 0 Å². The topological polar surface area (TPSA) is 224 Å². The predicted molar refractivity (Wildman–Crippen MR) is 115 cm³/mol. The van der Waals surface area contributed by atoms with Gasteiger partial charge >= 0.3 is 15.6 Å².